The molecule has 0 aromatic carbocycles. The van der Waals surface area contributed by atoms with Crippen molar-refractivity contribution < 1.29 is 9.22 Å². The minimum Gasteiger partial charge on any atom is -0.416 e. The molecule has 6 nitrogen and oxygen atoms in total. The van der Waals surface area contributed by atoms with Crippen molar-refractivity contribution in [1.29, 1.82) is 0 Å². The molecule has 0 spiro atoms. The number of carbonyl (C=O) groups excluding carboxylic acids is 1. The maximum absolute atomic E-state index is 11.3. The Bertz CT molecular complexity index is 265. The van der Waals surface area contributed by atoms with Gasteiger partial charge in [-0.2, -0.15) is 0 Å². The second kappa shape index (κ2) is 13.1. The molecule has 0 fully saturated rings. The van der Waals surface area contributed by atoms with Crippen LogP contribution in [0.1, 0.15) is 26.2 Å². The van der Waals surface area contributed by atoms with E-state index < -0.39 is 8.32 Å². The van der Waals surface area contributed by atoms with Crippen molar-refractivity contribution in [2.45, 2.75) is 45.3 Å². The Labute approximate surface area is 130 Å². The van der Waals surface area contributed by atoms with Crippen LogP contribution < -0.4 is 21.7 Å². The molecule has 0 aromatic heterocycles. The molecule has 0 bridgehead atoms. The Morgan fingerprint density at radius 3 is 2.48 bits per heavy atom. The normalized spacial score (nSPS) is 11.4. The first-order valence-corrected chi connectivity index (χ1v) is 11.2. The van der Waals surface area contributed by atoms with Gasteiger partial charge in [0.2, 0.25) is 0 Å². The minimum absolute atomic E-state index is 0.138. The van der Waals surface area contributed by atoms with Crippen LogP contribution in [0.15, 0.2) is 0 Å². The van der Waals surface area contributed by atoms with Crippen molar-refractivity contribution in [1.82, 2.24) is 16.0 Å². The van der Waals surface area contributed by atoms with Crippen molar-refractivity contribution in [2.75, 3.05) is 39.3 Å². The fourth-order valence-corrected chi connectivity index (χ4v) is 3.69. The molecule has 0 aliphatic heterocycles. The summed E-state index contributed by atoms with van der Waals surface area (Å²) in [5.41, 5.74) is 5.31. The molecule has 0 rings (SSSR count). The molecule has 0 unspecified atom stereocenters. The summed E-state index contributed by atoms with van der Waals surface area (Å²) >= 11 is 0. The Morgan fingerprint density at radius 1 is 1.10 bits per heavy atom. The van der Waals surface area contributed by atoms with Crippen molar-refractivity contribution >= 4 is 14.3 Å². The number of rotatable bonds is 13. The van der Waals surface area contributed by atoms with Gasteiger partial charge in [-0.1, -0.05) is 13.3 Å². The number of urea groups is 1. The van der Waals surface area contributed by atoms with Gasteiger partial charge in [0.15, 0.2) is 8.32 Å². The zero-order valence-electron chi connectivity index (χ0n) is 14.0. The van der Waals surface area contributed by atoms with Crippen molar-refractivity contribution in [2.24, 2.45) is 5.73 Å². The highest BCUT2D eigenvalue weighted by atomic mass is 28.4. The van der Waals surface area contributed by atoms with Crippen LogP contribution in [0.3, 0.4) is 0 Å². The summed E-state index contributed by atoms with van der Waals surface area (Å²) in [5, 5.41) is 8.90. The van der Waals surface area contributed by atoms with E-state index in [0.717, 1.165) is 32.2 Å². The number of carbonyl (C=O) groups is 1. The van der Waals surface area contributed by atoms with Crippen LogP contribution in [-0.4, -0.2) is 53.7 Å². The third kappa shape index (κ3) is 14.1. The first-order valence-electron chi connectivity index (χ1n) is 8.08. The Morgan fingerprint density at radius 2 is 1.81 bits per heavy atom. The third-order valence-electron chi connectivity index (χ3n) is 3.15. The lowest BCUT2D eigenvalue weighted by molar-refractivity contribution is 0.241. The van der Waals surface area contributed by atoms with E-state index in [9.17, 15) is 4.79 Å². The molecule has 0 saturated heterocycles. The summed E-state index contributed by atoms with van der Waals surface area (Å²) < 4.78 is 6.01. The number of nitrogens with one attached hydrogen (secondary N) is 3. The van der Waals surface area contributed by atoms with E-state index in [1.54, 1.807) is 0 Å². The molecule has 5 N–H and O–H groups in total. The lowest BCUT2D eigenvalue weighted by Crippen LogP contribution is -2.39. The Balaban J connectivity index is 3.52. The smallest absolute Gasteiger partial charge is 0.314 e. The lowest BCUT2D eigenvalue weighted by atomic mass is 10.3. The van der Waals surface area contributed by atoms with Gasteiger partial charge in [-0.15, -0.1) is 0 Å². The molecule has 0 aliphatic rings. The molecule has 0 heterocycles. The van der Waals surface area contributed by atoms with Crippen LogP contribution in [-0.2, 0) is 4.43 Å². The fraction of sp³-hybridized carbons (Fsp3) is 0.929. The number of hydrogen-bond donors (Lipinski definition) is 4. The highest BCUT2D eigenvalue weighted by Crippen LogP contribution is 2.12. The predicted octanol–water partition coefficient (Wildman–Crippen LogP) is 1.25. The highest BCUT2D eigenvalue weighted by Gasteiger charge is 2.21. The minimum atomic E-state index is -1.60. The average Bonchev–Trinajstić information content (AvgIpc) is 2.45. The molecular formula is C14H34N4O2Si. The number of nitrogens with two attached hydrogens (primary N) is 1. The summed E-state index contributed by atoms with van der Waals surface area (Å²) in [5.74, 6) is 0. The Hall–Kier alpha value is -0.633. The molecule has 0 atom stereocenters. The molecule has 21 heavy (non-hydrogen) atoms. The van der Waals surface area contributed by atoms with Crippen LogP contribution in [0.5, 0.6) is 0 Å². The maximum Gasteiger partial charge on any atom is 0.314 e. The number of hydrogen-bond acceptors (Lipinski definition) is 4. The number of amides is 2. The topological polar surface area (TPSA) is 88.4 Å². The SMILES string of the molecule is CCCCNCCO[Si](C)(C)CCCNC(=O)NCCN. The molecule has 126 valence electrons. The maximum atomic E-state index is 11.3. The summed E-state index contributed by atoms with van der Waals surface area (Å²) in [6, 6.07) is 0.917. The van der Waals surface area contributed by atoms with Gasteiger partial charge in [-0.05, 0) is 38.5 Å². The predicted molar refractivity (Wildman–Crippen MR) is 91.1 cm³/mol. The summed E-state index contributed by atoms with van der Waals surface area (Å²) in [6.45, 7) is 11.1. The summed E-state index contributed by atoms with van der Waals surface area (Å²) in [7, 11) is -1.60. The average molecular weight is 319 g/mol. The molecule has 0 saturated carbocycles. The van der Waals surface area contributed by atoms with Crippen LogP contribution in [0.25, 0.3) is 0 Å². The fourth-order valence-electron chi connectivity index (χ4n) is 1.86. The van der Waals surface area contributed by atoms with E-state index in [0.29, 0.717) is 19.6 Å². The van der Waals surface area contributed by atoms with Gasteiger partial charge >= 0.3 is 6.03 Å². The van der Waals surface area contributed by atoms with Gasteiger partial charge in [0.05, 0.1) is 0 Å². The van der Waals surface area contributed by atoms with Gasteiger partial charge in [-0.25, -0.2) is 4.79 Å². The largest absolute Gasteiger partial charge is 0.416 e. The van der Waals surface area contributed by atoms with Gasteiger partial charge in [0, 0.05) is 32.8 Å². The molecule has 0 aromatic rings. The zero-order valence-corrected chi connectivity index (χ0v) is 15.0. The second-order valence-electron chi connectivity index (χ2n) is 5.79. The quantitative estimate of drug-likeness (QED) is 0.304. The van der Waals surface area contributed by atoms with Crippen LogP contribution in [0.4, 0.5) is 4.79 Å². The zero-order chi connectivity index (χ0) is 16.0. The van der Waals surface area contributed by atoms with E-state index in [4.69, 9.17) is 10.2 Å². The van der Waals surface area contributed by atoms with E-state index in [2.05, 4.69) is 36.0 Å². The van der Waals surface area contributed by atoms with Crippen molar-refractivity contribution in [3.05, 3.63) is 0 Å². The lowest BCUT2D eigenvalue weighted by Gasteiger charge is -2.23. The van der Waals surface area contributed by atoms with Gasteiger partial charge in [0.25, 0.3) is 0 Å². The van der Waals surface area contributed by atoms with E-state index >= 15 is 0 Å². The first kappa shape index (κ1) is 20.4. The first-order chi connectivity index (χ1) is 10.0. The van der Waals surface area contributed by atoms with E-state index in [-0.39, 0.29) is 6.03 Å². The second-order valence-corrected chi connectivity index (χ2v) is 10.1. The summed E-state index contributed by atoms with van der Waals surface area (Å²) in [6.07, 6.45) is 3.40. The number of unbranched alkanes of at least 4 members (excludes halogenated alkanes) is 1. The molecule has 7 heteroatoms. The highest BCUT2D eigenvalue weighted by molar-refractivity contribution is 6.71. The summed E-state index contributed by atoms with van der Waals surface area (Å²) in [4.78, 5) is 11.3. The standard InChI is InChI=1S/C14H34N4O2Si/c1-4-5-8-16-11-12-20-21(2,3)13-6-9-17-14(19)18-10-7-15/h16H,4-13,15H2,1-3H3,(H2,17,18,19). The van der Waals surface area contributed by atoms with Crippen LogP contribution in [0, 0.1) is 0 Å². The van der Waals surface area contributed by atoms with Crippen LogP contribution in [0.2, 0.25) is 19.1 Å². The monoisotopic (exact) mass is 318 g/mol. The van der Waals surface area contributed by atoms with E-state index in [1.165, 1.54) is 12.8 Å². The molecule has 2 amide bonds. The van der Waals surface area contributed by atoms with Gasteiger partial charge < -0.3 is 26.1 Å². The van der Waals surface area contributed by atoms with Crippen molar-refractivity contribution in [3.8, 4) is 0 Å². The molecule has 0 aliphatic carbocycles. The Kier molecular flexibility index (Phi) is 12.7. The van der Waals surface area contributed by atoms with Crippen molar-refractivity contribution in [3.63, 3.8) is 0 Å². The van der Waals surface area contributed by atoms with Gasteiger partial charge in [0.1, 0.15) is 0 Å². The molecule has 0 radical (unpaired) electrons. The third-order valence-corrected chi connectivity index (χ3v) is 5.69. The molecular weight excluding hydrogens is 284 g/mol. The van der Waals surface area contributed by atoms with Crippen LogP contribution >= 0.6 is 0 Å². The van der Waals surface area contributed by atoms with E-state index in [1.807, 2.05) is 0 Å². The van der Waals surface area contributed by atoms with Gasteiger partial charge in [-0.3, -0.25) is 0 Å².